The van der Waals surface area contributed by atoms with Gasteiger partial charge in [-0.2, -0.15) is 0 Å². The molecule has 0 spiro atoms. The van der Waals surface area contributed by atoms with Crippen LogP contribution in [0.15, 0.2) is 17.3 Å². The van der Waals surface area contributed by atoms with Crippen molar-refractivity contribution in [3.63, 3.8) is 0 Å². The lowest BCUT2D eigenvalue weighted by Gasteiger charge is -2.13. The molecule has 0 saturated heterocycles. The summed E-state index contributed by atoms with van der Waals surface area (Å²) in [6.07, 6.45) is 0. The van der Waals surface area contributed by atoms with Gasteiger partial charge in [0.15, 0.2) is 11.5 Å². The lowest BCUT2D eigenvalue weighted by molar-refractivity contribution is 0.132. The Bertz CT molecular complexity index is 340. The highest BCUT2D eigenvalue weighted by Crippen LogP contribution is 2.38. The predicted molar refractivity (Wildman–Crippen MR) is 60.4 cm³/mol. The summed E-state index contributed by atoms with van der Waals surface area (Å²) in [6.45, 7) is 3.54. The molecule has 0 aliphatic rings. The number of benzene rings is 1. The van der Waals surface area contributed by atoms with Gasteiger partial charge < -0.3 is 19.0 Å². The molecular formula is C11H15NO4. The minimum Gasteiger partial charge on any atom is -0.493 e. The van der Waals surface area contributed by atoms with E-state index < -0.39 is 0 Å². The largest absolute Gasteiger partial charge is 0.493 e. The van der Waals surface area contributed by atoms with Gasteiger partial charge in [-0.3, -0.25) is 0 Å². The smallest absolute Gasteiger partial charge is 0.203 e. The van der Waals surface area contributed by atoms with Crippen molar-refractivity contribution < 1.29 is 19.0 Å². The fraction of sp³-hybridized carbons (Fsp3) is 0.364. The normalized spacial score (nSPS) is 9.44. The van der Waals surface area contributed by atoms with Crippen LogP contribution in [0, 0.1) is 0 Å². The van der Waals surface area contributed by atoms with E-state index in [-0.39, 0.29) is 0 Å². The minimum atomic E-state index is 0.306. The Morgan fingerprint density at radius 1 is 1.06 bits per heavy atom. The molecule has 1 aromatic carbocycles. The Morgan fingerprint density at radius 2 is 1.62 bits per heavy atom. The van der Waals surface area contributed by atoms with E-state index in [0.29, 0.717) is 23.9 Å². The molecular weight excluding hydrogens is 210 g/mol. The van der Waals surface area contributed by atoms with Crippen LogP contribution in [-0.2, 0) is 11.4 Å². The lowest BCUT2D eigenvalue weighted by Crippen LogP contribution is -1.97. The van der Waals surface area contributed by atoms with E-state index in [1.54, 1.807) is 33.5 Å². The summed E-state index contributed by atoms with van der Waals surface area (Å²) in [5.74, 6) is 1.73. The van der Waals surface area contributed by atoms with Crippen LogP contribution in [0.1, 0.15) is 5.56 Å². The SMILES string of the molecule is C=NOCc1cc(OC)c(OC)c(OC)c1. The van der Waals surface area contributed by atoms with Crippen molar-refractivity contribution in [2.45, 2.75) is 6.61 Å². The molecule has 0 aromatic heterocycles. The molecule has 0 unspecified atom stereocenters. The fourth-order valence-electron chi connectivity index (χ4n) is 1.34. The van der Waals surface area contributed by atoms with E-state index >= 15 is 0 Å². The highest BCUT2D eigenvalue weighted by Gasteiger charge is 2.13. The third kappa shape index (κ3) is 2.56. The standard InChI is InChI=1S/C11H15NO4/c1-12-16-7-8-5-9(13-2)11(15-4)10(6-8)14-3/h5-6H,1,7H2,2-4H3. The molecule has 16 heavy (non-hydrogen) atoms. The molecule has 0 atom stereocenters. The summed E-state index contributed by atoms with van der Waals surface area (Å²) in [5.41, 5.74) is 0.863. The number of methoxy groups -OCH3 is 3. The summed E-state index contributed by atoms with van der Waals surface area (Å²) in [7, 11) is 4.68. The molecule has 0 amide bonds. The van der Waals surface area contributed by atoms with Crippen LogP contribution in [0.3, 0.4) is 0 Å². The second-order valence-corrected chi connectivity index (χ2v) is 2.94. The van der Waals surface area contributed by atoms with Gasteiger partial charge in [0.1, 0.15) is 6.61 Å². The maximum Gasteiger partial charge on any atom is 0.203 e. The van der Waals surface area contributed by atoms with E-state index in [0.717, 1.165) is 5.56 Å². The van der Waals surface area contributed by atoms with Gasteiger partial charge in [0.25, 0.3) is 0 Å². The van der Waals surface area contributed by atoms with Gasteiger partial charge in [-0.25, -0.2) is 0 Å². The van der Waals surface area contributed by atoms with Gasteiger partial charge in [0, 0.05) is 6.72 Å². The summed E-state index contributed by atoms with van der Waals surface area (Å²) < 4.78 is 15.6. The molecule has 0 N–H and O–H groups in total. The summed E-state index contributed by atoms with van der Waals surface area (Å²) in [5, 5.41) is 3.32. The number of rotatable bonds is 6. The number of nitrogens with zero attached hydrogens (tertiary/aromatic N) is 1. The van der Waals surface area contributed by atoms with Gasteiger partial charge in [-0.15, -0.1) is 5.16 Å². The van der Waals surface area contributed by atoms with Gasteiger partial charge >= 0.3 is 0 Å². The molecule has 0 aliphatic carbocycles. The third-order valence-electron chi connectivity index (χ3n) is 2.05. The van der Waals surface area contributed by atoms with Crippen molar-refractivity contribution in [3.8, 4) is 17.2 Å². The minimum absolute atomic E-state index is 0.306. The number of hydrogen-bond acceptors (Lipinski definition) is 5. The van der Waals surface area contributed by atoms with Gasteiger partial charge in [-0.1, -0.05) is 0 Å². The van der Waals surface area contributed by atoms with Crippen LogP contribution in [0.25, 0.3) is 0 Å². The summed E-state index contributed by atoms with van der Waals surface area (Å²) >= 11 is 0. The first-order valence-corrected chi connectivity index (χ1v) is 4.63. The zero-order valence-electron chi connectivity index (χ0n) is 9.65. The highest BCUT2D eigenvalue weighted by atomic mass is 16.6. The first-order chi connectivity index (χ1) is 7.76. The quantitative estimate of drug-likeness (QED) is 0.547. The summed E-state index contributed by atoms with van der Waals surface area (Å²) in [4.78, 5) is 4.85. The molecule has 1 aromatic rings. The lowest BCUT2D eigenvalue weighted by atomic mass is 10.2. The maximum absolute atomic E-state index is 5.19. The number of oxime groups is 1. The van der Waals surface area contributed by atoms with Crippen molar-refractivity contribution in [1.82, 2.24) is 0 Å². The predicted octanol–water partition coefficient (Wildman–Crippen LogP) is 1.84. The molecule has 0 radical (unpaired) electrons. The fourth-order valence-corrected chi connectivity index (χ4v) is 1.34. The van der Waals surface area contributed by atoms with Gasteiger partial charge in [0.2, 0.25) is 5.75 Å². The van der Waals surface area contributed by atoms with Crippen LogP contribution in [0.5, 0.6) is 17.2 Å². The third-order valence-corrected chi connectivity index (χ3v) is 2.05. The Kier molecular flexibility index (Phi) is 4.44. The molecule has 0 bridgehead atoms. The van der Waals surface area contributed by atoms with Crippen LogP contribution < -0.4 is 14.2 Å². The zero-order valence-corrected chi connectivity index (χ0v) is 9.65. The van der Waals surface area contributed by atoms with Crippen LogP contribution in [-0.4, -0.2) is 28.0 Å². The van der Waals surface area contributed by atoms with Gasteiger partial charge in [0.05, 0.1) is 21.3 Å². The highest BCUT2D eigenvalue weighted by molar-refractivity contribution is 5.53. The topological polar surface area (TPSA) is 49.3 Å². The number of hydrogen-bond donors (Lipinski definition) is 0. The van der Waals surface area contributed by atoms with Crippen molar-refractivity contribution in [2.75, 3.05) is 21.3 Å². The molecule has 1 rings (SSSR count). The van der Waals surface area contributed by atoms with Crippen LogP contribution in [0.2, 0.25) is 0 Å². The second-order valence-electron chi connectivity index (χ2n) is 2.94. The first-order valence-electron chi connectivity index (χ1n) is 4.63. The Labute approximate surface area is 94.6 Å². The van der Waals surface area contributed by atoms with E-state index in [4.69, 9.17) is 19.0 Å². The average molecular weight is 225 g/mol. The van der Waals surface area contributed by atoms with E-state index in [9.17, 15) is 0 Å². The first kappa shape index (κ1) is 12.2. The maximum atomic E-state index is 5.19. The molecule has 0 saturated carbocycles. The van der Waals surface area contributed by atoms with Crippen LogP contribution in [0.4, 0.5) is 0 Å². The van der Waals surface area contributed by atoms with Gasteiger partial charge in [-0.05, 0) is 17.7 Å². The monoisotopic (exact) mass is 225 g/mol. The molecule has 88 valence electrons. The van der Waals surface area contributed by atoms with Crippen molar-refractivity contribution in [2.24, 2.45) is 5.16 Å². The Balaban J connectivity index is 3.09. The zero-order chi connectivity index (χ0) is 12.0. The molecule has 0 heterocycles. The Hall–Kier alpha value is -1.91. The molecule has 5 heteroatoms. The number of ether oxygens (including phenoxy) is 3. The Morgan fingerprint density at radius 3 is 2.00 bits per heavy atom. The van der Waals surface area contributed by atoms with Crippen molar-refractivity contribution in [3.05, 3.63) is 17.7 Å². The van der Waals surface area contributed by atoms with E-state index in [1.807, 2.05) is 0 Å². The molecule has 5 nitrogen and oxygen atoms in total. The second kappa shape index (κ2) is 5.85. The van der Waals surface area contributed by atoms with E-state index in [2.05, 4.69) is 11.9 Å². The molecule has 0 aliphatic heterocycles. The summed E-state index contributed by atoms with van der Waals surface area (Å²) in [6, 6.07) is 3.60. The van der Waals surface area contributed by atoms with Crippen molar-refractivity contribution in [1.29, 1.82) is 0 Å². The molecule has 0 fully saturated rings. The average Bonchev–Trinajstić information content (AvgIpc) is 2.34. The van der Waals surface area contributed by atoms with E-state index in [1.165, 1.54) is 0 Å². The van der Waals surface area contributed by atoms with Crippen LogP contribution >= 0.6 is 0 Å². The van der Waals surface area contributed by atoms with Crippen molar-refractivity contribution >= 4 is 6.72 Å².